The lowest BCUT2D eigenvalue weighted by molar-refractivity contribution is 0.316. The maximum Gasteiger partial charge on any atom is 0.511 e. The van der Waals surface area contributed by atoms with Gasteiger partial charge in [-0.2, -0.15) is 0 Å². The number of nitrogens with zero attached hydrogens (tertiary/aromatic N) is 1. The van der Waals surface area contributed by atoms with E-state index in [1.165, 1.54) is 6.20 Å². The van der Waals surface area contributed by atoms with Gasteiger partial charge in [0.05, 0.1) is 12.8 Å². The highest BCUT2D eigenvalue weighted by atomic mass is 19.4. The lowest BCUT2D eigenvalue weighted by Gasteiger charge is -2.15. The topological polar surface area (TPSA) is 22.1 Å². The highest BCUT2D eigenvalue weighted by Crippen LogP contribution is 2.12. The summed E-state index contributed by atoms with van der Waals surface area (Å²) in [6, 6.07) is 0.975. The van der Waals surface area contributed by atoms with E-state index in [1.807, 2.05) is 6.92 Å². The quantitative estimate of drug-likeness (QED) is 0.699. The summed E-state index contributed by atoms with van der Waals surface area (Å²) in [5.41, 5.74) is -0.724. The summed E-state index contributed by atoms with van der Waals surface area (Å²) in [6.07, 6.45) is 2.83. The molecule has 14 heavy (non-hydrogen) atoms. The molecule has 0 aliphatic heterocycles. The smallest absolute Gasteiger partial charge is 0.492 e. The minimum absolute atomic E-state index is 0.170. The van der Waals surface area contributed by atoms with Gasteiger partial charge in [0.1, 0.15) is 5.75 Å². The molecule has 0 atom stereocenters. The molecule has 0 saturated carbocycles. The van der Waals surface area contributed by atoms with Crippen LogP contribution in [0, 0.1) is 0 Å². The first-order valence-electron chi connectivity index (χ1n) is 4.31. The maximum atomic E-state index is 12.3. The Balaban J connectivity index is 2.79. The van der Waals surface area contributed by atoms with E-state index in [-0.39, 0.29) is 5.75 Å². The molecule has 0 amide bonds. The van der Waals surface area contributed by atoms with Gasteiger partial charge in [-0.05, 0) is 12.5 Å². The van der Waals surface area contributed by atoms with Crippen LogP contribution in [0.3, 0.4) is 0 Å². The van der Waals surface area contributed by atoms with Crippen LogP contribution < -0.4 is 10.2 Å². The number of rotatable bonds is 4. The Hall–Kier alpha value is -1.20. The molecule has 6 heteroatoms. The first kappa shape index (κ1) is 10.9. The van der Waals surface area contributed by atoms with E-state index in [0.29, 0.717) is 6.61 Å². The molecule has 0 radical (unpaired) electrons. The lowest BCUT2D eigenvalue weighted by Crippen LogP contribution is -2.34. The first-order chi connectivity index (χ1) is 6.54. The summed E-state index contributed by atoms with van der Waals surface area (Å²) in [6.45, 7) is -2.71. The van der Waals surface area contributed by atoms with Gasteiger partial charge in [-0.3, -0.25) is 4.98 Å². The van der Waals surface area contributed by atoms with Crippen molar-refractivity contribution in [2.45, 2.75) is 13.3 Å². The molecule has 0 aliphatic rings. The number of aromatic nitrogens is 1. The van der Waals surface area contributed by atoms with Crippen molar-refractivity contribution >= 4 is 12.4 Å². The van der Waals surface area contributed by atoms with E-state index in [2.05, 4.69) is 4.98 Å². The van der Waals surface area contributed by atoms with Crippen molar-refractivity contribution in [1.82, 2.24) is 4.98 Å². The summed E-state index contributed by atoms with van der Waals surface area (Å²) in [7, 11) is 0. The van der Waals surface area contributed by atoms with Crippen LogP contribution in [0.2, 0.25) is 0 Å². The molecule has 0 saturated heterocycles. The second-order valence-corrected chi connectivity index (χ2v) is 2.88. The average molecular weight is 204 g/mol. The minimum Gasteiger partial charge on any atom is -0.492 e. The molecule has 0 spiro atoms. The number of ether oxygens (including phenoxy) is 1. The number of hydrogen-bond acceptors (Lipinski definition) is 2. The predicted octanol–water partition coefficient (Wildman–Crippen LogP) is 1.92. The SMILES string of the molecule is CCCOc1cncc([B-](F)(F)F)c1. The Kier molecular flexibility index (Phi) is 3.38. The van der Waals surface area contributed by atoms with Crippen LogP contribution in [0.15, 0.2) is 18.5 Å². The molecule has 0 unspecified atom stereocenters. The lowest BCUT2D eigenvalue weighted by atomic mass is 9.81. The number of halogens is 3. The van der Waals surface area contributed by atoms with Crippen molar-refractivity contribution in [3.8, 4) is 5.75 Å². The highest BCUT2D eigenvalue weighted by Gasteiger charge is 2.26. The molecule has 78 valence electrons. The largest absolute Gasteiger partial charge is 0.511 e. The minimum atomic E-state index is -4.99. The summed E-state index contributed by atoms with van der Waals surface area (Å²) >= 11 is 0. The van der Waals surface area contributed by atoms with Gasteiger partial charge in [-0.1, -0.05) is 12.4 Å². The fourth-order valence-corrected chi connectivity index (χ4v) is 0.913. The zero-order valence-electron chi connectivity index (χ0n) is 7.71. The van der Waals surface area contributed by atoms with Crippen LogP contribution in [-0.2, 0) is 0 Å². The molecule has 0 N–H and O–H groups in total. The van der Waals surface area contributed by atoms with Crippen molar-refractivity contribution < 1.29 is 17.7 Å². The first-order valence-corrected chi connectivity index (χ1v) is 4.31. The number of hydrogen-bond donors (Lipinski definition) is 0. The van der Waals surface area contributed by atoms with Crippen LogP contribution >= 0.6 is 0 Å². The molecular formula is C8H10BF3NO-. The van der Waals surface area contributed by atoms with E-state index in [4.69, 9.17) is 4.74 Å². The third-order valence-electron chi connectivity index (χ3n) is 1.59. The van der Waals surface area contributed by atoms with Crippen LogP contribution in [-0.4, -0.2) is 18.6 Å². The van der Waals surface area contributed by atoms with E-state index in [0.717, 1.165) is 18.7 Å². The summed E-state index contributed by atoms with van der Waals surface area (Å²) in [5.74, 6) is 0.170. The Morgan fingerprint density at radius 2 is 2.07 bits per heavy atom. The third-order valence-corrected chi connectivity index (χ3v) is 1.59. The second-order valence-electron chi connectivity index (χ2n) is 2.88. The molecule has 0 bridgehead atoms. The van der Waals surface area contributed by atoms with Crippen LogP contribution in [0.4, 0.5) is 12.9 Å². The highest BCUT2D eigenvalue weighted by molar-refractivity contribution is 6.73. The van der Waals surface area contributed by atoms with E-state index in [9.17, 15) is 12.9 Å². The maximum absolute atomic E-state index is 12.3. The van der Waals surface area contributed by atoms with E-state index >= 15 is 0 Å². The molecule has 2 nitrogen and oxygen atoms in total. The molecule has 1 heterocycles. The standard InChI is InChI=1S/C8H10BF3NO/c1-2-3-14-8-4-7(5-13-6-8)9(10,11)12/h4-6H,2-3H2,1H3/q-1. The summed E-state index contributed by atoms with van der Waals surface area (Å²) in [4.78, 5) is 3.47. The molecular weight excluding hydrogens is 194 g/mol. The van der Waals surface area contributed by atoms with Crippen LogP contribution in [0.1, 0.15) is 13.3 Å². The van der Waals surface area contributed by atoms with E-state index in [1.54, 1.807) is 0 Å². The van der Waals surface area contributed by atoms with Crippen molar-refractivity contribution in [2.75, 3.05) is 6.61 Å². The third kappa shape index (κ3) is 2.94. The van der Waals surface area contributed by atoms with Crippen molar-refractivity contribution in [2.24, 2.45) is 0 Å². The van der Waals surface area contributed by atoms with Crippen molar-refractivity contribution in [1.29, 1.82) is 0 Å². The fourth-order valence-electron chi connectivity index (χ4n) is 0.913. The Morgan fingerprint density at radius 1 is 1.36 bits per heavy atom. The van der Waals surface area contributed by atoms with Gasteiger partial charge in [0.15, 0.2) is 0 Å². The van der Waals surface area contributed by atoms with Gasteiger partial charge in [0, 0.05) is 6.20 Å². The molecule has 1 aromatic rings. The zero-order valence-corrected chi connectivity index (χ0v) is 7.71. The normalized spacial score (nSPS) is 11.4. The van der Waals surface area contributed by atoms with E-state index < -0.39 is 12.4 Å². The number of pyridine rings is 1. The van der Waals surface area contributed by atoms with Crippen LogP contribution in [0.5, 0.6) is 5.75 Å². The molecule has 1 aromatic heterocycles. The Morgan fingerprint density at radius 3 is 2.64 bits per heavy atom. The average Bonchev–Trinajstić information content (AvgIpc) is 2.14. The molecule has 1 rings (SSSR count). The Labute approximate surface area is 80.2 Å². The summed E-state index contributed by atoms with van der Waals surface area (Å²) < 4.78 is 41.8. The van der Waals surface area contributed by atoms with Crippen molar-refractivity contribution in [3.05, 3.63) is 18.5 Å². The summed E-state index contributed by atoms with van der Waals surface area (Å²) in [5, 5.41) is 0. The fraction of sp³-hybridized carbons (Fsp3) is 0.375. The Bertz CT molecular complexity index is 303. The monoisotopic (exact) mass is 204 g/mol. The van der Waals surface area contributed by atoms with Gasteiger partial charge in [-0.15, -0.1) is 0 Å². The van der Waals surface area contributed by atoms with Gasteiger partial charge in [-0.25, -0.2) is 0 Å². The zero-order chi connectivity index (χ0) is 10.6. The molecule has 0 aromatic carbocycles. The predicted molar refractivity (Wildman–Crippen MR) is 48.7 cm³/mol. The van der Waals surface area contributed by atoms with Crippen molar-refractivity contribution in [3.63, 3.8) is 0 Å². The van der Waals surface area contributed by atoms with Crippen LogP contribution in [0.25, 0.3) is 0 Å². The van der Waals surface area contributed by atoms with Gasteiger partial charge < -0.3 is 17.7 Å². The van der Waals surface area contributed by atoms with Gasteiger partial charge in [0.2, 0.25) is 0 Å². The van der Waals surface area contributed by atoms with Gasteiger partial charge in [0.25, 0.3) is 0 Å². The molecule has 0 fully saturated rings. The second kappa shape index (κ2) is 4.35. The molecule has 0 aliphatic carbocycles. The van der Waals surface area contributed by atoms with Gasteiger partial charge >= 0.3 is 6.98 Å².